The molecule has 5 heteroatoms. The first-order valence-corrected chi connectivity index (χ1v) is 21.7. The number of carbonyl (C=O) groups is 2. The third-order valence-corrected chi connectivity index (χ3v) is 14.7. The molecule has 35 heavy (non-hydrogen) atoms. The smallest absolute Gasteiger partial charge is 0.173 e. The molecular formula is C30H58O3Si2. The van der Waals surface area contributed by atoms with Gasteiger partial charge in [0, 0.05) is 25.7 Å². The predicted octanol–water partition coefficient (Wildman–Crippen LogP) is 9.32. The van der Waals surface area contributed by atoms with Crippen molar-refractivity contribution in [2.45, 2.75) is 155 Å². The third-order valence-electron chi connectivity index (χ3n) is 8.51. The van der Waals surface area contributed by atoms with E-state index in [-0.39, 0.29) is 0 Å². The van der Waals surface area contributed by atoms with E-state index in [9.17, 15) is 9.59 Å². The number of rotatable bonds is 16. The molecule has 0 aliphatic heterocycles. The van der Waals surface area contributed by atoms with Crippen LogP contribution in [0.4, 0.5) is 0 Å². The van der Waals surface area contributed by atoms with Crippen LogP contribution >= 0.6 is 0 Å². The number of unbranched alkanes of at least 4 members (excludes halogenated alkanes) is 2. The SMILES string of the molecule is CCCCC(=O)CC1CCC(CC2CCC(CC(=O)CCCC[Si](C)(C)O[Si](C)(C)C)CC2)CC1. The van der Waals surface area contributed by atoms with Gasteiger partial charge in [0.05, 0.1) is 0 Å². The fourth-order valence-corrected chi connectivity index (χ4v) is 14.9. The number of Topliss-reactive ketones (excluding diaryl/α,β-unsaturated/α-hetero) is 2. The van der Waals surface area contributed by atoms with E-state index in [2.05, 4.69) is 39.7 Å². The Morgan fingerprint density at radius 2 is 1.09 bits per heavy atom. The molecule has 0 atom stereocenters. The first-order valence-electron chi connectivity index (χ1n) is 15.2. The molecule has 0 amide bonds. The van der Waals surface area contributed by atoms with Crippen molar-refractivity contribution >= 4 is 28.2 Å². The topological polar surface area (TPSA) is 43.4 Å². The number of carbonyl (C=O) groups excluding carboxylic acids is 2. The van der Waals surface area contributed by atoms with Crippen molar-refractivity contribution < 1.29 is 13.7 Å². The molecule has 0 radical (unpaired) electrons. The van der Waals surface area contributed by atoms with Gasteiger partial charge in [0.2, 0.25) is 0 Å². The Balaban J connectivity index is 1.54. The van der Waals surface area contributed by atoms with Crippen LogP contribution in [0.25, 0.3) is 0 Å². The maximum Gasteiger partial charge on any atom is 0.173 e. The van der Waals surface area contributed by atoms with Crippen LogP contribution in [0, 0.1) is 23.7 Å². The fourth-order valence-electron chi connectivity index (χ4n) is 6.79. The molecule has 0 saturated heterocycles. The number of hydrogen-bond acceptors (Lipinski definition) is 3. The van der Waals surface area contributed by atoms with E-state index in [4.69, 9.17) is 4.12 Å². The molecule has 2 aliphatic carbocycles. The second kappa shape index (κ2) is 15.2. The highest BCUT2D eigenvalue weighted by Crippen LogP contribution is 2.40. The van der Waals surface area contributed by atoms with Crippen LogP contribution in [0.5, 0.6) is 0 Å². The minimum Gasteiger partial charge on any atom is -0.456 e. The Labute approximate surface area is 220 Å². The van der Waals surface area contributed by atoms with E-state index >= 15 is 0 Å². The lowest BCUT2D eigenvalue weighted by molar-refractivity contribution is -0.121. The summed E-state index contributed by atoms with van der Waals surface area (Å²) in [7, 11) is -3.02. The first kappa shape index (κ1) is 31.0. The molecule has 2 aliphatic rings. The summed E-state index contributed by atoms with van der Waals surface area (Å²) in [5, 5.41) is 0. The van der Waals surface area contributed by atoms with E-state index in [1.54, 1.807) is 0 Å². The summed E-state index contributed by atoms with van der Waals surface area (Å²) in [5.74, 6) is 4.09. The average molecular weight is 523 g/mol. The molecule has 0 aromatic heterocycles. The van der Waals surface area contributed by atoms with Crippen LogP contribution in [0.15, 0.2) is 0 Å². The van der Waals surface area contributed by atoms with Crippen molar-refractivity contribution in [1.29, 1.82) is 0 Å². The second-order valence-corrected chi connectivity index (χ2v) is 22.8. The molecule has 0 aromatic carbocycles. The van der Waals surface area contributed by atoms with Gasteiger partial charge in [-0.3, -0.25) is 9.59 Å². The molecule has 0 N–H and O–H groups in total. The lowest BCUT2D eigenvalue weighted by atomic mass is 9.72. The van der Waals surface area contributed by atoms with Crippen molar-refractivity contribution in [3.05, 3.63) is 0 Å². The highest BCUT2D eigenvalue weighted by Gasteiger charge is 2.30. The molecule has 3 nitrogen and oxygen atoms in total. The summed E-state index contributed by atoms with van der Waals surface area (Å²) in [6, 6.07) is 1.19. The van der Waals surface area contributed by atoms with Crippen LogP contribution in [-0.2, 0) is 13.7 Å². The summed E-state index contributed by atoms with van der Waals surface area (Å²) in [4.78, 5) is 24.7. The second-order valence-electron chi connectivity index (χ2n) is 13.8. The molecule has 2 rings (SSSR count). The van der Waals surface area contributed by atoms with Crippen molar-refractivity contribution in [3.63, 3.8) is 0 Å². The summed E-state index contributed by atoms with van der Waals surface area (Å²) in [6.07, 6.45) is 19.5. The third kappa shape index (κ3) is 13.7. The van der Waals surface area contributed by atoms with Gasteiger partial charge in [0.15, 0.2) is 16.6 Å². The van der Waals surface area contributed by atoms with Gasteiger partial charge in [-0.15, -0.1) is 0 Å². The van der Waals surface area contributed by atoms with E-state index in [0.717, 1.165) is 63.2 Å². The van der Waals surface area contributed by atoms with Gasteiger partial charge < -0.3 is 4.12 Å². The Bertz CT molecular complexity index is 624. The zero-order valence-electron chi connectivity index (χ0n) is 24.3. The fraction of sp³-hybridized carbons (Fsp3) is 0.933. The zero-order valence-corrected chi connectivity index (χ0v) is 26.3. The predicted molar refractivity (Wildman–Crippen MR) is 155 cm³/mol. The van der Waals surface area contributed by atoms with Gasteiger partial charge in [-0.25, -0.2) is 0 Å². The number of ketones is 2. The summed E-state index contributed by atoms with van der Waals surface area (Å²) in [6.45, 7) is 13.7. The standard InChI is InChI=1S/C30H58O3Si2/c1-7-8-11-29(31)23-27-17-13-25(14-18-27)22-26-15-19-28(20-16-26)24-30(32)12-9-10-21-35(5,6)33-34(2,3)4/h25-28H,7-24H2,1-6H3. The number of hydrogen-bond donors (Lipinski definition) is 0. The van der Waals surface area contributed by atoms with Crippen molar-refractivity contribution in [2.75, 3.05) is 0 Å². The maximum atomic E-state index is 12.6. The van der Waals surface area contributed by atoms with Gasteiger partial charge in [-0.05, 0) is 107 Å². The van der Waals surface area contributed by atoms with Crippen LogP contribution < -0.4 is 0 Å². The van der Waals surface area contributed by atoms with E-state index in [0.29, 0.717) is 23.4 Å². The lowest BCUT2D eigenvalue weighted by Gasteiger charge is -2.34. The monoisotopic (exact) mass is 522 g/mol. The van der Waals surface area contributed by atoms with E-state index in [1.165, 1.54) is 63.8 Å². The molecular weight excluding hydrogens is 464 g/mol. The van der Waals surface area contributed by atoms with Crippen molar-refractivity contribution in [1.82, 2.24) is 0 Å². The van der Waals surface area contributed by atoms with Gasteiger partial charge in [0.1, 0.15) is 11.6 Å². The lowest BCUT2D eigenvalue weighted by Crippen LogP contribution is -2.42. The van der Waals surface area contributed by atoms with Crippen molar-refractivity contribution in [2.24, 2.45) is 23.7 Å². The van der Waals surface area contributed by atoms with Gasteiger partial charge in [-0.2, -0.15) is 0 Å². The molecule has 2 fully saturated rings. The van der Waals surface area contributed by atoms with E-state index in [1.807, 2.05) is 0 Å². The molecule has 0 aromatic rings. The summed E-state index contributed by atoms with van der Waals surface area (Å²) >= 11 is 0. The minimum atomic E-state index is -1.56. The highest BCUT2D eigenvalue weighted by atomic mass is 28.4. The Hall–Kier alpha value is -0.266. The molecule has 0 unspecified atom stereocenters. The maximum absolute atomic E-state index is 12.6. The normalized spacial score (nSPS) is 26.0. The summed E-state index contributed by atoms with van der Waals surface area (Å²) < 4.78 is 6.43. The van der Waals surface area contributed by atoms with Gasteiger partial charge in [-0.1, -0.05) is 45.4 Å². The van der Waals surface area contributed by atoms with Crippen LogP contribution in [0.3, 0.4) is 0 Å². The largest absolute Gasteiger partial charge is 0.456 e. The van der Waals surface area contributed by atoms with Gasteiger partial charge in [0.25, 0.3) is 0 Å². The molecule has 2 saturated carbocycles. The Kier molecular flexibility index (Phi) is 13.5. The average Bonchev–Trinajstić information content (AvgIpc) is 2.76. The van der Waals surface area contributed by atoms with Crippen LogP contribution in [0.1, 0.15) is 116 Å². The van der Waals surface area contributed by atoms with Crippen molar-refractivity contribution in [3.8, 4) is 0 Å². The first-order chi connectivity index (χ1) is 16.5. The quantitative estimate of drug-likeness (QED) is 0.150. The van der Waals surface area contributed by atoms with E-state index < -0.39 is 16.6 Å². The Morgan fingerprint density at radius 1 is 0.657 bits per heavy atom. The molecule has 0 heterocycles. The summed E-state index contributed by atoms with van der Waals surface area (Å²) in [5.41, 5.74) is 0. The molecule has 204 valence electrons. The highest BCUT2D eigenvalue weighted by molar-refractivity contribution is 6.84. The minimum absolute atomic E-state index is 0.505. The zero-order chi connectivity index (χ0) is 25.9. The van der Waals surface area contributed by atoms with Gasteiger partial charge >= 0.3 is 0 Å². The van der Waals surface area contributed by atoms with Crippen LogP contribution in [-0.4, -0.2) is 28.2 Å². The molecule has 0 bridgehead atoms. The van der Waals surface area contributed by atoms with Crippen LogP contribution in [0.2, 0.25) is 38.8 Å². The Morgan fingerprint density at radius 3 is 1.51 bits per heavy atom. The molecule has 0 spiro atoms.